The highest BCUT2D eigenvalue weighted by Crippen LogP contribution is 2.39. The van der Waals surface area contributed by atoms with Crippen molar-refractivity contribution in [2.24, 2.45) is 0 Å². The maximum atomic E-state index is 10.2. The standard InChI is InChI=1S/C13H21N3O2/c1-13(2,17)10-4-3-7-16(10)8-11-14-12(18-15-11)9-5-6-9/h9-10,17H,3-8H2,1-2H3. The lowest BCUT2D eigenvalue weighted by Gasteiger charge is -2.33. The number of likely N-dealkylation sites (tertiary alicyclic amines) is 1. The van der Waals surface area contributed by atoms with E-state index >= 15 is 0 Å². The summed E-state index contributed by atoms with van der Waals surface area (Å²) in [7, 11) is 0. The van der Waals surface area contributed by atoms with Crippen LogP contribution < -0.4 is 0 Å². The molecule has 3 rings (SSSR count). The fourth-order valence-electron chi connectivity index (χ4n) is 2.82. The van der Waals surface area contributed by atoms with Crippen LogP contribution in [0.3, 0.4) is 0 Å². The minimum absolute atomic E-state index is 0.195. The van der Waals surface area contributed by atoms with E-state index in [1.165, 1.54) is 12.8 Å². The van der Waals surface area contributed by atoms with Gasteiger partial charge in [0, 0.05) is 12.0 Å². The Morgan fingerprint density at radius 3 is 2.83 bits per heavy atom. The van der Waals surface area contributed by atoms with Crippen molar-refractivity contribution < 1.29 is 9.63 Å². The Hall–Kier alpha value is -0.940. The molecule has 100 valence electrons. The van der Waals surface area contributed by atoms with Crippen LogP contribution in [0, 0.1) is 0 Å². The van der Waals surface area contributed by atoms with Crippen molar-refractivity contribution in [3.05, 3.63) is 11.7 Å². The van der Waals surface area contributed by atoms with Crippen molar-refractivity contribution >= 4 is 0 Å². The maximum absolute atomic E-state index is 10.2. The lowest BCUT2D eigenvalue weighted by atomic mass is 9.97. The zero-order chi connectivity index (χ0) is 12.8. The van der Waals surface area contributed by atoms with Gasteiger partial charge >= 0.3 is 0 Å². The van der Waals surface area contributed by atoms with Gasteiger partial charge in [0.05, 0.1) is 12.1 Å². The lowest BCUT2D eigenvalue weighted by molar-refractivity contribution is -0.00592. The third kappa shape index (κ3) is 2.42. The van der Waals surface area contributed by atoms with Gasteiger partial charge in [-0.1, -0.05) is 5.16 Å². The van der Waals surface area contributed by atoms with Crippen LogP contribution in [0.1, 0.15) is 57.2 Å². The summed E-state index contributed by atoms with van der Waals surface area (Å²) in [5.74, 6) is 2.06. The molecule has 1 atom stereocenters. The van der Waals surface area contributed by atoms with Crippen LogP contribution in [-0.2, 0) is 6.54 Å². The van der Waals surface area contributed by atoms with E-state index in [4.69, 9.17) is 4.52 Å². The van der Waals surface area contributed by atoms with Gasteiger partial charge in [-0.15, -0.1) is 0 Å². The van der Waals surface area contributed by atoms with E-state index in [0.29, 0.717) is 12.5 Å². The molecule has 1 aliphatic heterocycles. The summed E-state index contributed by atoms with van der Waals surface area (Å²) in [6.45, 7) is 5.44. The van der Waals surface area contributed by atoms with Gasteiger partial charge in [0.2, 0.25) is 5.89 Å². The molecular weight excluding hydrogens is 230 g/mol. The highest BCUT2D eigenvalue weighted by molar-refractivity contribution is 5.02. The monoisotopic (exact) mass is 251 g/mol. The summed E-state index contributed by atoms with van der Waals surface area (Å²) in [6, 6.07) is 0.195. The first-order valence-electron chi connectivity index (χ1n) is 6.83. The molecule has 0 radical (unpaired) electrons. The Labute approximate surface area is 107 Å². The summed E-state index contributed by atoms with van der Waals surface area (Å²) < 4.78 is 5.27. The lowest BCUT2D eigenvalue weighted by Crippen LogP contribution is -2.45. The Balaban J connectivity index is 1.67. The average Bonchev–Trinajstić information content (AvgIpc) is 2.85. The largest absolute Gasteiger partial charge is 0.389 e. The first-order valence-corrected chi connectivity index (χ1v) is 6.83. The number of rotatable bonds is 4. The predicted octanol–water partition coefficient (Wildman–Crippen LogP) is 1.68. The van der Waals surface area contributed by atoms with Crippen LogP contribution >= 0.6 is 0 Å². The SMILES string of the molecule is CC(C)(O)C1CCCN1Cc1noc(C2CC2)n1. The molecule has 1 N–H and O–H groups in total. The molecule has 2 heterocycles. The van der Waals surface area contributed by atoms with Gasteiger partial charge in [0.1, 0.15) is 0 Å². The molecule has 1 aromatic rings. The summed E-state index contributed by atoms with van der Waals surface area (Å²) in [4.78, 5) is 6.72. The van der Waals surface area contributed by atoms with E-state index in [1.54, 1.807) is 0 Å². The molecule has 0 spiro atoms. The van der Waals surface area contributed by atoms with E-state index in [2.05, 4.69) is 15.0 Å². The Bertz CT molecular complexity index is 420. The van der Waals surface area contributed by atoms with Crippen LogP contribution in [0.25, 0.3) is 0 Å². The number of hydrogen-bond donors (Lipinski definition) is 1. The summed E-state index contributed by atoms with van der Waals surface area (Å²) in [5.41, 5.74) is -0.667. The van der Waals surface area contributed by atoms with E-state index in [9.17, 15) is 5.11 Å². The molecule has 1 aliphatic carbocycles. The van der Waals surface area contributed by atoms with Gasteiger partial charge in [0.15, 0.2) is 5.82 Å². The van der Waals surface area contributed by atoms with Gasteiger partial charge in [-0.05, 0) is 46.1 Å². The number of aliphatic hydroxyl groups is 1. The normalized spacial score (nSPS) is 25.8. The Morgan fingerprint density at radius 2 is 2.17 bits per heavy atom. The molecule has 5 heteroatoms. The molecule has 5 nitrogen and oxygen atoms in total. The molecule has 1 unspecified atom stereocenters. The second-order valence-electron chi connectivity index (χ2n) is 6.11. The first kappa shape index (κ1) is 12.1. The van der Waals surface area contributed by atoms with E-state index in [-0.39, 0.29) is 6.04 Å². The predicted molar refractivity (Wildman–Crippen MR) is 66.0 cm³/mol. The molecule has 18 heavy (non-hydrogen) atoms. The zero-order valence-electron chi connectivity index (χ0n) is 11.1. The smallest absolute Gasteiger partial charge is 0.229 e. The van der Waals surface area contributed by atoms with E-state index in [1.807, 2.05) is 13.8 Å². The second-order valence-corrected chi connectivity index (χ2v) is 6.11. The van der Waals surface area contributed by atoms with Crippen LogP contribution in [0.5, 0.6) is 0 Å². The summed E-state index contributed by atoms with van der Waals surface area (Å²) >= 11 is 0. The van der Waals surface area contributed by atoms with Gasteiger partial charge in [-0.25, -0.2) is 0 Å². The topological polar surface area (TPSA) is 62.4 Å². The minimum atomic E-state index is -0.667. The van der Waals surface area contributed by atoms with Crippen molar-refractivity contribution in [3.8, 4) is 0 Å². The van der Waals surface area contributed by atoms with E-state index in [0.717, 1.165) is 31.1 Å². The van der Waals surface area contributed by atoms with Crippen molar-refractivity contribution in [1.29, 1.82) is 0 Å². The van der Waals surface area contributed by atoms with Crippen LogP contribution in [-0.4, -0.2) is 38.3 Å². The van der Waals surface area contributed by atoms with Crippen molar-refractivity contribution in [2.75, 3.05) is 6.54 Å². The Morgan fingerprint density at radius 1 is 1.39 bits per heavy atom. The summed E-state index contributed by atoms with van der Waals surface area (Å²) in [6.07, 6.45) is 4.52. The third-order valence-corrected chi connectivity index (χ3v) is 3.93. The van der Waals surface area contributed by atoms with E-state index < -0.39 is 5.60 Å². The molecular formula is C13H21N3O2. The average molecular weight is 251 g/mol. The number of aromatic nitrogens is 2. The molecule has 0 amide bonds. The number of hydrogen-bond acceptors (Lipinski definition) is 5. The molecule has 1 saturated heterocycles. The molecule has 2 fully saturated rings. The maximum Gasteiger partial charge on any atom is 0.229 e. The van der Waals surface area contributed by atoms with Crippen LogP contribution in [0.4, 0.5) is 0 Å². The third-order valence-electron chi connectivity index (χ3n) is 3.93. The van der Waals surface area contributed by atoms with Crippen molar-refractivity contribution in [3.63, 3.8) is 0 Å². The van der Waals surface area contributed by atoms with Gasteiger partial charge in [-0.3, -0.25) is 4.90 Å². The van der Waals surface area contributed by atoms with Gasteiger partial charge < -0.3 is 9.63 Å². The molecule has 2 aliphatic rings. The van der Waals surface area contributed by atoms with Crippen LogP contribution in [0.2, 0.25) is 0 Å². The second kappa shape index (κ2) is 4.31. The van der Waals surface area contributed by atoms with Crippen molar-refractivity contribution in [2.45, 2.75) is 63.6 Å². The molecule has 0 aromatic carbocycles. The quantitative estimate of drug-likeness (QED) is 0.882. The molecule has 1 saturated carbocycles. The zero-order valence-corrected chi connectivity index (χ0v) is 11.1. The molecule has 0 bridgehead atoms. The van der Waals surface area contributed by atoms with Crippen molar-refractivity contribution in [1.82, 2.24) is 15.0 Å². The minimum Gasteiger partial charge on any atom is -0.389 e. The van der Waals surface area contributed by atoms with Crippen LogP contribution in [0.15, 0.2) is 4.52 Å². The van der Waals surface area contributed by atoms with Gasteiger partial charge in [-0.2, -0.15) is 4.98 Å². The van der Waals surface area contributed by atoms with Gasteiger partial charge in [0.25, 0.3) is 0 Å². The highest BCUT2D eigenvalue weighted by Gasteiger charge is 2.36. The Kier molecular flexibility index (Phi) is 2.90. The fraction of sp³-hybridized carbons (Fsp3) is 0.846. The fourth-order valence-corrected chi connectivity index (χ4v) is 2.82. The number of nitrogens with zero attached hydrogens (tertiary/aromatic N) is 3. The molecule has 1 aromatic heterocycles. The highest BCUT2D eigenvalue weighted by atomic mass is 16.5. The first-order chi connectivity index (χ1) is 8.54. The summed E-state index contributed by atoms with van der Waals surface area (Å²) in [5, 5.41) is 14.2.